The minimum atomic E-state index is -0.0267. The van der Waals surface area contributed by atoms with Crippen molar-refractivity contribution in [2.45, 2.75) is 26.8 Å². The van der Waals surface area contributed by atoms with E-state index in [-0.39, 0.29) is 11.9 Å². The highest BCUT2D eigenvalue weighted by Crippen LogP contribution is 2.25. The summed E-state index contributed by atoms with van der Waals surface area (Å²) in [5.74, 6) is 0.801. The summed E-state index contributed by atoms with van der Waals surface area (Å²) in [5, 5.41) is 2.98. The Kier molecular flexibility index (Phi) is 7.02. The number of rotatable bonds is 7. The Balaban J connectivity index is 2.05. The van der Waals surface area contributed by atoms with Gasteiger partial charge in [-0.15, -0.1) is 0 Å². The van der Waals surface area contributed by atoms with Crippen LogP contribution in [0.25, 0.3) is 0 Å². The molecule has 0 fully saturated rings. The smallest absolute Gasteiger partial charge is 0.238 e. The molecule has 1 amide bonds. The van der Waals surface area contributed by atoms with E-state index < -0.39 is 0 Å². The number of methoxy groups -OCH3 is 1. The minimum absolute atomic E-state index is 0.0267. The zero-order valence-electron chi connectivity index (χ0n) is 15.2. The number of carbonyl (C=O) groups is 1. The van der Waals surface area contributed by atoms with Gasteiger partial charge in [-0.05, 0) is 71.7 Å². The summed E-state index contributed by atoms with van der Waals surface area (Å²) in [6, 6.07) is 14.0. The Labute approximate surface area is 158 Å². The van der Waals surface area contributed by atoms with Gasteiger partial charge in [0.1, 0.15) is 5.75 Å². The van der Waals surface area contributed by atoms with Gasteiger partial charge in [-0.2, -0.15) is 0 Å². The quantitative estimate of drug-likeness (QED) is 0.721. The summed E-state index contributed by atoms with van der Waals surface area (Å²) in [6.45, 7) is 7.29. The van der Waals surface area contributed by atoms with Gasteiger partial charge in [0.25, 0.3) is 0 Å². The molecule has 0 aromatic heterocycles. The average molecular weight is 405 g/mol. The number of aryl methyl sites for hydroxylation is 1. The van der Waals surface area contributed by atoms with E-state index in [0.717, 1.165) is 33.6 Å². The molecule has 0 unspecified atom stereocenters. The summed E-state index contributed by atoms with van der Waals surface area (Å²) >= 11 is 3.50. The monoisotopic (exact) mass is 404 g/mol. The molecule has 2 aromatic carbocycles. The molecule has 1 N–H and O–H groups in total. The van der Waals surface area contributed by atoms with Gasteiger partial charge in [0.15, 0.2) is 0 Å². The second-order valence-electron chi connectivity index (χ2n) is 6.05. The number of nitrogens with zero attached hydrogens (tertiary/aromatic N) is 1. The summed E-state index contributed by atoms with van der Waals surface area (Å²) in [7, 11) is 1.66. The molecule has 0 aliphatic carbocycles. The second-order valence-corrected chi connectivity index (χ2v) is 6.90. The summed E-state index contributed by atoms with van der Waals surface area (Å²) in [6.07, 6.45) is 0. The van der Waals surface area contributed by atoms with Crippen molar-refractivity contribution in [3.63, 3.8) is 0 Å². The maximum atomic E-state index is 12.5. The highest BCUT2D eigenvalue weighted by Gasteiger charge is 2.18. The number of hydrogen-bond donors (Lipinski definition) is 1. The fraction of sp³-hybridized carbons (Fsp3) is 0.350. The van der Waals surface area contributed by atoms with Crippen molar-refractivity contribution in [1.82, 2.24) is 4.90 Å². The van der Waals surface area contributed by atoms with Gasteiger partial charge in [0.05, 0.1) is 19.3 Å². The van der Waals surface area contributed by atoms with Gasteiger partial charge in [-0.1, -0.05) is 25.1 Å². The third kappa shape index (κ3) is 5.31. The third-order valence-electron chi connectivity index (χ3n) is 4.28. The molecule has 4 nitrogen and oxygen atoms in total. The van der Waals surface area contributed by atoms with Crippen LogP contribution in [-0.2, 0) is 4.79 Å². The first-order chi connectivity index (χ1) is 11.9. The molecule has 0 bridgehead atoms. The van der Waals surface area contributed by atoms with E-state index in [1.807, 2.05) is 43.3 Å². The van der Waals surface area contributed by atoms with E-state index in [1.54, 1.807) is 7.11 Å². The van der Waals surface area contributed by atoms with E-state index in [1.165, 1.54) is 0 Å². The fourth-order valence-corrected chi connectivity index (χ4v) is 3.32. The molecular weight excluding hydrogens is 380 g/mol. The Morgan fingerprint density at radius 1 is 1.28 bits per heavy atom. The highest BCUT2D eigenvalue weighted by atomic mass is 79.9. The van der Waals surface area contributed by atoms with Crippen LogP contribution in [0, 0.1) is 6.92 Å². The normalized spacial score (nSPS) is 12.1. The van der Waals surface area contributed by atoms with E-state index in [2.05, 4.69) is 46.1 Å². The molecule has 5 heteroatoms. The molecule has 1 atom stereocenters. The summed E-state index contributed by atoms with van der Waals surface area (Å²) in [4.78, 5) is 14.6. The lowest BCUT2D eigenvalue weighted by atomic mass is 10.1. The van der Waals surface area contributed by atoms with Crippen molar-refractivity contribution in [2.75, 3.05) is 25.5 Å². The molecule has 0 radical (unpaired) electrons. The van der Waals surface area contributed by atoms with Gasteiger partial charge in [0, 0.05) is 10.5 Å². The minimum Gasteiger partial charge on any atom is -0.497 e. The van der Waals surface area contributed by atoms with Crippen molar-refractivity contribution in [3.05, 3.63) is 58.1 Å². The van der Waals surface area contributed by atoms with Crippen LogP contribution in [-0.4, -0.2) is 31.0 Å². The zero-order chi connectivity index (χ0) is 18.4. The van der Waals surface area contributed by atoms with Crippen molar-refractivity contribution in [2.24, 2.45) is 0 Å². The van der Waals surface area contributed by atoms with Crippen LogP contribution in [0.3, 0.4) is 0 Å². The maximum Gasteiger partial charge on any atom is 0.238 e. The standard InChI is InChI=1S/C20H25BrN2O2/c1-5-23(15(3)16-7-6-8-17(12-16)25-4)13-20(24)22-19-10-9-14(2)11-18(19)21/h6-12,15H,5,13H2,1-4H3,(H,22,24)/t15-/m1/s1. The lowest BCUT2D eigenvalue weighted by Crippen LogP contribution is -2.35. The molecular formula is C20H25BrN2O2. The highest BCUT2D eigenvalue weighted by molar-refractivity contribution is 9.10. The molecule has 0 spiro atoms. The van der Waals surface area contributed by atoms with Crippen LogP contribution >= 0.6 is 15.9 Å². The predicted octanol–water partition coefficient (Wildman–Crippen LogP) is 4.79. The van der Waals surface area contributed by atoms with Crippen LogP contribution in [0.1, 0.15) is 31.0 Å². The number of halogens is 1. The molecule has 2 aromatic rings. The number of benzene rings is 2. The lowest BCUT2D eigenvalue weighted by molar-refractivity contribution is -0.117. The third-order valence-corrected chi connectivity index (χ3v) is 4.93. The molecule has 0 saturated carbocycles. The topological polar surface area (TPSA) is 41.6 Å². The average Bonchev–Trinajstić information content (AvgIpc) is 2.61. The molecule has 2 rings (SSSR count). The van der Waals surface area contributed by atoms with Crippen molar-refractivity contribution >= 4 is 27.5 Å². The van der Waals surface area contributed by atoms with Crippen molar-refractivity contribution < 1.29 is 9.53 Å². The summed E-state index contributed by atoms with van der Waals surface area (Å²) in [5.41, 5.74) is 3.07. The Hall–Kier alpha value is -1.85. The number of anilines is 1. The van der Waals surface area contributed by atoms with E-state index in [0.29, 0.717) is 6.54 Å². The number of nitrogens with one attached hydrogen (secondary N) is 1. The van der Waals surface area contributed by atoms with Crippen LogP contribution in [0.15, 0.2) is 46.9 Å². The molecule has 0 saturated heterocycles. The first-order valence-electron chi connectivity index (χ1n) is 8.38. The lowest BCUT2D eigenvalue weighted by Gasteiger charge is -2.27. The second kappa shape index (κ2) is 9.02. The number of carbonyl (C=O) groups excluding carboxylic acids is 1. The molecule has 0 aliphatic heterocycles. The maximum absolute atomic E-state index is 12.5. The first-order valence-corrected chi connectivity index (χ1v) is 9.18. The van der Waals surface area contributed by atoms with Gasteiger partial charge in [0.2, 0.25) is 5.91 Å². The summed E-state index contributed by atoms with van der Waals surface area (Å²) < 4.78 is 6.19. The van der Waals surface area contributed by atoms with Crippen molar-refractivity contribution in [1.29, 1.82) is 0 Å². The molecule has 0 aliphatic rings. The Morgan fingerprint density at radius 3 is 2.68 bits per heavy atom. The SMILES string of the molecule is CCN(CC(=O)Nc1ccc(C)cc1Br)[C@H](C)c1cccc(OC)c1. The largest absolute Gasteiger partial charge is 0.497 e. The number of likely N-dealkylation sites (N-methyl/N-ethyl adjacent to an activating group) is 1. The number of amides is 1. The van der Waals surface area contributed by atoms with E-state index in [9.17, 15) is 4.79 Å². The number of ether oxygens (including phenoxy) is 1. The fourth-order valence-electron chi connectivity index (χ4n) is 2.73. The van der Waals surface area contributed by atoms with Gasteiger partial charge >= 0.3 is 0 Å². The van der Waals surface area contributed by atoms with Gasteiger partial charge < -0.3 is 10.1 Å². The van der Waals surface area contributed by atoms with Gasteiger partial charge in [-0.3, -0.25) is 9.69 Å². The van der Waals surface area contributed by atoms with Crippen LogP contribution in [0.4, 0.5) is 5.69 Å². The van der Waals surface area contributed by atoms with Crippen LogP contribution in [0.5, 0.6) is 5.75 Å². The molecule has 134 valence electrons. The predicted molar refractivity (Wildman–Crippen MR) is 106 cm³/mol. The van der Waals surface area contributed by atoms with Gasteiger partial charge in [-0.25, -0.2) is 0 Å². The first kappa shape index (κ1) is 19.5. The molecule has 25 heavy (non-hydrogen) atoms. The van der Waals surface area contributed by atoms with E-state index in [4.69, 9.17) is 4.74 Å². The molecule has 0 heterocycles. The Morgan fingerprint density at radius 2 is 2.04 bits per heavy atom. The van der Waals surface area contributed by atoms with Crippen molar-refractivity contribution in [3.8, 4) is 5.75 Å². The van der Waals surface area contributed by atoms with E-state index >= 15 is 0 Å². The van der Waals surface area contributed by atoms with Crippen LogP contribution < -0.4 is 10.1 Å². The van der Waals surface area contributed by atoms with Crippen LogP contribution in [0.2, 0.25) is 0 Å². The number of hydrogen-bond acceptors (Lipinski definition) is 3. The zero-order valence-corrected chi connectivity index (χ0v) is 16.8. The Bertz CT molecular complexity index is 733.